The van der Waals surface area contributed by atoms with Crippen LogP contribution in [-0.2, 0) is 9.53 Å². The minimum absolute atomic E-state index is 0.0738. The molecule has 0 bridgehead atoms. The van der Waals surface area contributed by atoms with E-state index in [1.54, 1.807) is 0 Å². The predicted molar refractivity (Wildman–Crippen MR) is 78.4 cm³/mol. The smallest absolute Gasteiger partial charge is 0.219 e. The van der Waals surface area contributed by atoms with E-state index in [-0.39, 0.29) is 10.7 Å². The number of carbonyl (C=O) groups excluding carboxylic acids is 1. The predicted octanol–water partition coefficient (Wildman–Crippen LogP) is 2.85. The zero-order valence-corrected chi connectivity index (χ0v) is 12.2. The molecular formula is C15H21NO2S. The highest BCUT2D eigenvalue weighted by Gasteiger charge is 2.34. The van der Waals surface area contributed by atoms with Crippen LogP contribution >= 0.6 is 11.8 Å². The first kappa shape index (κ1) is 14.4. The molecule has 1 aromatic rings. The van der Waals surface area contributed by atoms with E-state index in [4.69, 9.17) is 4.74 Å². The van der Waals surface area contributed by atoms with Gasteiger partial charge in [-0.15, -0.1) is 11.8 Å². The van der Waals surface area contributed by atoms with Crippen molar-refractivity contribution in [1.82, 2.24) is 5.32 Å². The van der Waals surface area contributed by atoms with Crippen molar-refractivity contribution >= 4 is 17.7 Å². The Bertz CT molecular complexity index is 402. The first-order valence-corrected chi connectivity index (χ1v) is 7.64. The third-order valence-electron chi connectivity index (χ3n) is 3.41. The first-order chi connectivity index (χ1) is 9.24. The van der Waals surface area contributed by atoms with Gasteiger partial charge < -0.3 is 10.1 Å². The molecular weight excluding hydrogens is 258 g/mol. The molecule has 1 saturated heterocycles. The van der Waals surface area contributed by atoms with Gasteiger partial charge in [-0.25, -0.2) is 0 Å². The molecule has 0 radical (unpaired) electrons. The van der Waals surface area contributed by atoms with E-state index in [9.17, 15) is 4.79 Å². The Morgan fingerprint density at radius 3 is 2.63 bits per heavy atom. The summed E-state index contributed by atoms with van der Waals surface area (Å²) in [7, 11) is 0. The number of ether oxygens (including phenoxy) is 1. The van der Waals surface area contributed by atoms with Gasteiger partial charge in [-0.05, 0) is 25.0 Å². The maximum atomic E-state index is 11.5. The molecule has 1 heterocycles. The van der Waals surface area contributed by atoms with Crippen LogP contribution in [0, 0.1) is 0 Å². The molecule has 0 aliphatic carbocycles. The van der Waals surface area contributed by atoms with Crippen LogP contribution in [0.25, 0.3) is 0 Å². The molecule has 0 unspecified atom stereocenters. The minimum Gasteiger partial charge on any atom is -0.381 e. The number of amides is 1. The Hall–Kier alpha value is -1.00. The zero-order valence-electron chi connectivity index (χ0n) is 11.4. The number of benzene rings is 1. The van der Waals surface area contributed by atoms with Crippen LogP contribution in [0.5, 0.6) is 0 Å². The van der Waals surface area contributed by atoms with E-state index in [0.717, 1.165) is 32.6 Å². The molecule has 2 rings (SSSR count). The molecule has 1 aliphatic heterocycles. The molecule has 1 N–H and O–H groups in total. The van der Waals surface area contributed by atoms with Crippen LogP contribution in [0.1, 0.15) is 26.2 Å². The molecule has 4 heteroatoms. The summed E-state index contributed by atoms with van der Waals surface area (Å²) >= 11 is 1.87. The topological polar surface area (TPSA) is 38.3 Å². The maximum absolute atomic E-state index is 11.5. The lowest BCUT2D eigenvalue weighted by molar-refractivity contribution is -0.121. The van der Waals surface area contributed by atoms with E-state index in [1.165, 1.54) is 4.90 Å². The van der Waals surface area contributed by atoms with E-state index in [2.05, 4.69) is 29.6 Å². The molecule has 1 amide bonds. The minimum atomic E-state index is 0.0738. The first-order valence-electron chi connectivity index (χ1n) is 6.83. The number of thioether (sulfide) groups is 1. The molecule has 1 aromatic carbocycles. The highest BCUT2D eigenvalue weighted by molar-refractivity contribution is 8.00. The third kappa shape index (κ3) is 4.25. The molecule has 0 atom stereocenters. The lowest BCUT2D eigenvalue weighted by Crippen LogP contribution is -2.44. The fourth-order valence-electron chi connectivity index (χ4n) is 2.18. The van der Waals surface area contributed by atoms with Crippen LogP contribution in [0.2, 0.25) is 0 Å². The lowest BCUT2D eigenvalue weighted by Gasteiger charge is -2.36. The Morgan fingerprint density at radius 2 is 2.00 bits per heavy atom. The summed E-state index contributed by atoms with van der Waals surface area (Å²) in [4.78, 5) is 12.8. The van der Waals surface area contributed by atoms with Crippen LogP contribution in [-0.4, -0.2) is 30.4 Å². The van der Waals surface area contributed by atoms with Crippen molar-refractivity contribution in [3.05, 3.63) is 30.3 Å². The van der Waals surface area contributed by atoms with E-state index in [1.807, 2.05) is 24.8 Å². The van der Waals surface area contributed by atoms with E-state index < -0.39 is 0 Å². The fraction of sp³-hybridized carbons (Fsp3) is 0.533. The summed E-state index contributed by atoms with van der Waals surface area (Å²) in [5.41, 5.74) is 0. The third-order valence-corrected chi connectivity index (χ3v) is 4.90. The van der Waals surface area contributed by atoms with Gasteiger partial charge in [0.05, 0.1) is 0 Å². The van der Waals surface area contributed by atoms with Gasteiger partial charge in [-0.3, -0.25) is 4.79 Å². The number of hydrogen-bond acceptors (Lipinski definition) is 3. The molecule has 104 valence electrons. The van der Waals surface area contributed by atoms with Gasteiger partial charge >= 0.3 is 0 Å². The molecule has 3 nitrogen and oxygen atoms in total. The number of hydrogen-bond donors (Lipinski definition) is 1. The second-order valence-electron chi connectivity index (χ2n) is 4.84. The van der Waals surface area contributed by atoms with Gasteiger partial charge in [0.25, 0.3) is 0 Å². The number of nitrogens with one attached hydrogen (secondary N) is 1. The highest BCUT2D eigenvalue weighted by atomic mass is 32.2. The van der Waals surface area contributed by atoms with Crippen LogP contribution in [0.4, 0.5) is 0 Å². The van der Waals surface area contributed by atoms with Gasteiger partial charge in [0, 0.05) is 35.8 Å². The summed E-state index contributed by atoms with van der Waals surface area (Å²) in [5.74, 6) is 0.125. The van der Waals surface area contributed by atoms with Crippen molar-refractivity contribution in [2.24, 2.45) is 0 Å². The molecule has 0 aromatic heterocycles. The summed E-state index contributed by atoms with van der Waals surface area (Å²) in [6.45, 7) is 4.17. The summed E-state index contributed by atoms with van der Waals surface area (Å²) in [6.07, 6.45) is 2.51. The Labute approximate surface area is 119 Å². The van der Waals surface area contributed by atoms with Gasteiger partial charge in [-0.1, -0.05) is 25.1 Å². The number of rotatable bonds is 5. The van der Waals surface area contributed by atoms with Gasteiger partial charge in [0.15, 0.2) is 0 Å². The SMILES string of the molecule is CCC(=O)NCC1(Sc2ccccc2)CCOCC1. The Kier molecular flexibility index (Phi) is 5.28. The monoisotopic (exact) mass is 279 g/mol. The van der Waals surface area contributed by atoms with Crippen molar-refractivity contribution in [3.8, 4) is 0 Å². The number of carbonyl (C=O) groups is 1. The van der Waals surface area contributed by atoms with Crippen LogP contribution in [0.15, 0.2) is 35.2 Å². The second kappa shape index (κ2) is 6.96. The average molecular weight is 279 g/mol. The quantitative estimate of drug-likeness (QED) is 0.900. The standard InChI is InChI=1S/C15H21NO2S/c1-2-14(17)16-12-15(8-10-18-11-9-15)19-13-6-4-3-5-7-13/h3-7H,2,8-12H2,1H3,(H,16,17). The van der Waals surface area contributed by atoms with Crippen LogP contribution in [0.3, 0.4) is 0 Å². The summed E-state index contributed by atoms with van der Waals surface area (Å²) in [5, 5.41) is 3.05. The highest BCUT2D eigenvalue weighted by Crippen LogP contribution is 2.39. The molecule has 0 spiro atoms. The normalized spacial score (nSPS) is 17.9. The zero-order chi connectivity index (χ0) is 13.6. The molecule has 1 fully saturated rings. The van der Waals surface area contributed by atoms with Crippen molar-refractivity contribution < 1.29 is 9.53 Å². The van der Waals surface area contributed by atoms with Gasteiger partial charge in [0.2, 0.25) is 5.91 Å². The fourth-order valence-corrected chi connectivity index (χ4v) is 3.49. The van der Waals surface area contributed by atoms with Crippen LogP contribution < -0.4 is 5.32 Å². The maximum Gasteiger partial charge on any atom is 0.219 e. The summed E-state index contributed by atoms with van der Waals surface area (Å²) in [6, 6.07) is 10.4. The Morgan fingerprint density at radius 1 is 1.32 bits per heavy atom. The van der Waals surface area contributed by atoms with E-state index >= 15 is 0 Å². The largest absolute Gasteiger partial charge is 0.381 e. The van der Waals surface area contributed by atoms with Crippen molar-refractivity contribution in [2.75, 3.05) is 19.8 Å². The van der Waals surface area contributed by atoms with E-state index in [0.29, 0.717) is 6.42 Å². The van der Waals surface area contributed by atoms with Crippen molar-refractivity contribution in [2.45, 2.75) is 35.8 Å². The van der Waals surface area contributed by atoms with Gasteiger partial charge in [-0.2, -0.15) is 0 Å². The average Bonchev–Trinajstić information content (AvgIpc) is 2.47. The van der Waals surface area contributed by atoms with Crippen molar-refractivity contribution in [1.29, 1.82) is 0 Å². The Balaban J connectivity index is 2.03. The summed E-state index contributed by atoms with van der Waals surface area (Å²) < 4.78 is 5.54. The lowest BCUT2D eigenvalue weighted by atomic mass is 9.99. The van der Waals surface area contributed by atoms with Gasteiger partial charge in [0.1, 0.15) is 0 Å². The van der Waals surface area contributed by atoms with Crippen molar-refractivity contribution in [3.63, 3.8) is 0 Å². The molecule has 19 heavy (non-hydrogen) atoms. The molecule has 1 aliphatic rings. The second-order valence-corrected chi connectivity index (χ2v) is 6.38. The molecule has 0 saturated carbocycles.